The van der Waals surface area contributed by atoms with Crippen LogP contribution in [0.15, 0.2) is 60.7 Å². The van der Waals surface area contributed by atoms with Gasteiger partial charge in [0.2, 0.25) is 0 Å². The van der Waals surface area contributed by atoms with E-state index >= 15 is 0 Å². The van der Waals surface area contributed by atoms with E-state index in [2.05, 4.69) is 17.4 Å². The van der Waals surface area contributed by atoms with Crippen molar-refractivity contribution >= 4 is 23.2 Å². The number of thiocarbonyl (C=S) groups is 1. The summed E-state index contributed by atoms with van der Waals surface area (Å²) >= 11 is 5.31. The predicted molar refractivity (Wildman–Crippen MR) is 96.7 cm³/mol. The fraction of sp³-hybridized carbons (Fsp3) is 0.263. The van der Waals surface area contributed by atoms with Crippen molar-refractivity contribution in [2.24, 2.45) is 0 Å². The SMILES string of the molecule is O=C(O)C(Cc1ccccc1)NC(=S)CCCc1ccccc1. The smallest absolute Gasteiger partial charge is 0.326 e. The molecule has 2 rings (SSSR count). The molecule has 0 aromatic heterocycles. The first kappa shape index (κ1) is 17.2. The van der Waals surface area contributed by atoms with Gasteiger partial charge in [0, 0.05) is 6.42 Å². The fourth-order valence-corrected chi connectivity index (χ4v) is 2.70. The summed E-state index contributed by atoms with van der Waals surface area (Å²) < 4.78 is 0. The second-order valence-electron chi connectivity index (χ2n) is 5.49. The first-order valence-corrected chi connectivity index (χ1v) is 8.16. The van der Waals surface area contributed by atoms with Crippen molar-refractivity contribution in [1.29, 1.82) is 0 Å². The monoisotopic (exact) mass is 327 g/mol. The largest absolute Gasteiger partial charge is 0.480 e. The van der Waals surface area contributed by atoms with E-state index in [1.807, 2.05) is 48.5 Å². The normalized spacial score (nSPS) is 11.7. The van der Waals surface area contributed by atoms with Crippen molar-refractivity contribution < 1.29 is 9.90 Å². The molecular weight excluding hydrogens is 306 g/mol. The number of aryl methyl sites for hydroxylation is 1. The standard InChI is InChI=1S/C19H21NO2S/c21-19(22)17(14-16-10-5-2-6-11-16)20-18(23)13-7-12-15-8-3-1-4-9-15/h1-6,8-11,17H,7,12-14H2,(H,20,23)(H,21,22). The fourth-order valence-electron chi connectivity index (χ4n) is 2.41. The molecule has 0 radical (unpaired) electrons. The van der Waals surface area contributed by atoms with Crippen molar-refractivity contribution in [1.82, 2.24) is 5.32 Å². The van der Waals surface area contributed by atoms with Gasteiger partial charge in [0.1, 0.15) is 6.04 Å². The van der Waals surface area contributed by atoms with Crippen LogP contribution in [0.1, 0.15) is 24.0 Å². The van der Waals surface area contributed by atoms with Crippen LogP contribution in [0.3, 0.4) is 0 Å². The van der Waals surface area contributed by atoms with Crippen LogP contribution in [-0.2, 0) is 17.6 Å². The van der Waals surface area contributed by atoms with Crippen molar-refractivity contribution in [2.45, 2.75) is 31.7 Å². The van der Waals surface area contributed by atoms with Crippen LogP contribution in [0.4, 0.5) is 0 Å². The van der Waals surface area contributed by atoms with E-state index in [0.29, 0.717) is 17.8 Å². The van der Waals surface area contributed by atoms with E-state index in [1.54, 1.807) is 0 Å². The summed E-state index contributed by atoms with van der Waals surface area (Å²) in [7, 11) is 0. The Morgan fingerprint density at radius 3 is 2.13 bits per heavy atom. The van der Waals surface area contributed by atoms with E-state index in [4.69, 9.17) is 12.2 Å². The lowest BCUT2D eigenvalue weighted by Gasteiger charge is -2.16. The number of hydrogen-bond acceptors (Lipinski definition) is 2. The minimum Gasteiger partial charge on any atom is -0.480 e. The second-order valence-corrected chi connectivity index (χ2v) is 5.98. The molecule has 23 heavy (non-hydrogen) atoms. The van der Waals surface area contributed by atoms with Crippen LogP contribution < -0.4 is 5.32 Å². The zero-order chi connectivity index (χ0) is 16.5. The molecular formula is C19H21NO2S. The zero-order valence-corrected chi connectivity index (χ0v) is 13.8. The van der Waals surface area contributed by atoms with E-state index in [1.165, 1.54) is 5.56 Å². The highest BCUT2D eigenvalue weighted by Crippen LogP contribution is 2.07. The molecule has 0 heterocycles. The van der Waals surface area contributed by atoms with Gasteiger partial charge in [0.05, 0.1) is 4.99 Å². The van der Waals surface area contributed by atoms with Crippen LogP contribution in [0.25, 0.3) is 0 Å². The molecule has 4 heteroatoms. The van der Waals surface area contributed by atoms with Crippen LogP contribution in [-0.4, -0.2) is 22.1 Å². The lowest BCUT2D eigenvalue weighted by molar-refractivity contribution is -0.139. The minimum absolute atomic E-state index is 0.426. The number of nitrogens with one attached hydrogen (secondary N) is 1. The molecule has 2 aromatic rings. The third-order valence-electron chi connectivity index (χ3n) is 3.63. The summed E-state index contributed by atoms with van der Waals surface area (Å²) in [5.74, 6) is -0.876. The van der Waals surface area contributed by atoms with Gasteiger partial charge in [-0.2, -0.15) is 0 Å². The topological polar surface area (TPSA) is 49.3 Å². The summed E-state index contributed by atoms with van der Waals surface area (Å²) in [5, 5.41) is 12.3. The average molecular weight is 327 g/mol. The van der Waals surface area contributed by atoms with Gasteiger partial charge in [0.25, 0.3) is 0 Å². The van der Waals surface area contributed by atoms with E-state index < -0.39 is 12.0 Å². The minimum atomic E-state index is -0.876. The highest BCUT2D eigenvalue weighted by Gasteiger charge is 2.18. The maximum Gasteiger partial charge on any atom is 0.326 e. The van der Waals surface area contributed by atoms with Gasteiger partial charge in [-0.3, -0.25) is 0 Å². The molecule has 0 saturated carbocycles. The summed E-state index contributed by atoms with van der Waals surface area (Å²) in [6, 6.07) is 19.1. The Morgan fingerprint density at radius 1 is 1.00 bits per heavy atom. The molecule has 1 atom stereocenters. The third kappa shape index (κ3) is 6.20. The first-order valence-electron chi connectivity index (χ1n) is 7.75. The molecule has 3 nitrogen and oxygen atoms in total. The molecule has 0 aliphatic carbocycles. The molecule has 0 amide bonds. The van der Waals surface area contributed by atoms with Crippen molar-refractivity contribution in [3.05, 3.63) is 71.8 Å². The molecule has 2 aromatic carbocycles. The van der Waals surface area contributed by atoms with Crippen molar-refractivity contribution in [3.8, 4) is 0 Å². The lowest BCUT2D eigenvalue weighted by atomic mass is 10.1. The van der Waals surface area contributed by atoms with Crippen molar-refractivity contribution in [2.75, 3.05) is 0 Å². The Bertz CT molecular complexity index is 628. The Hall–Kier alpha value is -2.20. The van der Waals surface area contributed by atoms with Gasteiger partial charge in [-0.05, 0) is 30.4 Å². The Morgan fingerprint density at radius 2 is 1.57 bits per heavy atom. The number of carboxylic acid groups (broad SMARTS) is 1. The highest BCUT2D eigenvalue weighted by molar-refractivity contribution is 7.80. The molecule has 0 aliphatic heterocycles. The summed E-state index contributed by atoms with van der Waals surface area (Å²) in [5.41, 5.74) is 2.26. The summed E-state index contributed by atoms with van der Waals surface area (Å²) in [4.78, 5) is 12.0. The average Bonchev–Trinajstić information content (AvgIpc) is 2.56. The lowest BCUT2D eigenvalue weighted by Crippen LogP contribution is -2.41. The van der Waals surface area contributed by atoms with Gasteiger partial charge in [-0.25, -0.2) is 4.79 Å². The number of benzene rings is 2. The molecule has 0 saturated heterocycles. The molecule has 1 unspecified atom stereocenters. The molecule has 0 fully saturated rings. The number of carbonyl (C=O) groups is 1. The highest BCUT2D eigenvalue weighted by atomic mass is 32.1. The van der Waals surface area contributed by atoms with Gasteiger partial charge >= 0.3 is 5.97 Å². The first-order chi connectivity index (χ1) is 11.1. The van der Waals surface area contributed by atoms with E-state index in [-0.39, 0.29) is 0 Å². The molecule has 0 spiro atoms. The number of hydrogen-bond donors (Lipinski definition) is 2. The van der Waals surface area contributed by atoms with Crippen LogP contribution in [0.5, 0.6) is 0 Å². The van der Waals surface area contributed by atoms with Gasteiger partial charge in [0.15, 0.2) is 0 Å². The van der Waals surface area contributed by atoms with Gasteiger partial charge < -0.3 is 10.4 Å². The Balaban J connectivity index is 1.80. The van der Waals surface area contributed by atoms with Crippen LogP contribution in [0.2, 0.25) is 0 Å². The second kappa shape index (κ2) is 9.06. The molecule has 0 aliphatic rings. The predicted octanol–water partition coefficient (Wildman–Crippen LogP) is 3.62. The van der Waals surface area contributed by atoms with Gasteiger partial charge in [-0.1, -0.05) is 72.9 Å². The van der Waals surface area contributed by atoms with E-state index in [0.717, 1.165) is 18.4 Å². The Labute approximate surface area is 142 Å². The summed E-state index contributed by atoms with van der Waals surface area (Å²) in [6.07, 6.45) is 2.98. The maximum absolute atomic E-state index is 11.4. The summed E-state index contributed by atoms with van der Waals surface area (Å²) in [6.45, 7) is 0. The van der Waals surface area contributed by atoms with Crippen LogP contribution in [0, 0.1) is 0 Å². The molecule has 0 bridgehead atoms. The maximum atomic E-state index is 11.4. The number of carboxylic acids is 1. The number of rotatable bonds is 8. The van der Waals surface area contributed by atoms with E-state index in [9.17, 15) is 9.90 Å². The molecule has 2 N–H and O–H groups in total. The number of aliphatic carboxylic acids is 1. The molecule has 120 valence electrons. The third-order valence-corrected chi connectivity index (χ3v) is 3.95. The zero-order valence-electron chi connectivity index (χ0n) is 12.9. The Kier molecular flexibility index (Phi) is 6.76. The van der Waals surface area contributed by atoms with Gasteiger partial charge in [-0.15, -0.1) is 0 Å². The van der Waals surface area contributed by atoms with Crippen molar-refractivity contribution in [3.63, 3.8) is 0 Å². The van der Waals surface area contributed by atoms with Crippen LogP contribution >= 0.6 is 12.2 Å². The quantitative estimate of drug-likeness (QED) is 0.727.